The standard InChI is InChI=1S/C16H23N3O/c1-4-12-10-13(19(3)18-12)11-20-16-9-7-6-8-14(16)15(17)5-2/h6-10,15H,4-5,11,17H2,1-3H3/t15-/m1/s1. The molecule has 0 saturated heterocycles. The van der Waals surface area contributed by atoms with Crippen molar-refractivity contribution in [3.63, 3.8) is 0 Å². The highest BCUT2D eigenvalue weighted by atomic mass is 16.5. The molecule has 2 rings (SSSR count). The first-order valence-corrected chi connectivity index (χ1v) is 7.14. The molecule has 0 amide bonds. The summed E-state index contributed by atoms with van der Waals surface area (Å²) in [4.78, 5) is 0. The van der Waals surface area contributed by atoms with Gasteiger partial charge in [0.2, 0.25) is 0 Å². The van der Waals surface area contributed by atoms with Crippen LogP contribution in [0, 0.1) is 0 Å². The monoisotopic (exact) mass is 273 g/mol. The topological polar surface area (TPSA) is 53.1 Å². The van der Waals surface area contributed by atoms with E-state index in [0.717, 1.165) is 35.5 Å². The van der Waals surface area contributed by atoms with Gasteiger partial charge < -0.3 is 10.5 Å². The summed E-state index contributed by atoms with van der Waals surface area (Å²) in [6.07, 6.45) is 1.83. The molecule has 0 unspecified atom stereocenters. The van der Waals surface area contributed by atoms with Crippen LogP contribution in [0.3, 0.4) is 0 Å². The SMILES string of the molecule is CCc1cc(COc2ccccc2[C@H](N)CC)n(C)n1. The number of aryl methyl sites for hydroxylation is 2. The van der Waals surface area contributed by atoms with E-state index < -0.39 is 0 Å². The number of hydrogen-bond acceptors (Lipinski definition) is 3. The Morgan fingerprint density at radius 2 is 2.05 bits per heavy atom. The van der Waals surface area contributed by atoms with Crippen LogP contribution in [0.25, 0.3) is 0 Å². The first kappa shape index (κ1) is 14.6. The molecule has 1 aromatic heterocycles. The predicted octanol–water partition coefficient (Wildman–Crippen LogP) is 2.97. The van der Waals surface area contributed by atoms with Crippen LogP contribution in [0.2, 0.25) is 0 Å². The molecule has 0 radical (unpaired) electrons. The van der Waals surface area contributed by atoms with Gasteiger partial charge in [-0.05, 0) is 25.0 Å². The van der Waals surface area contributed by atoms with Crippen molar-refractivity contribution in [2.45, 2.75) is 39.3 Å². The fourth-order valence-corrected chi connectivity index (χ4v) is 2.17. The molecule has 0 fully saturated rings. The minimum Gasteiger partial charge on any atom is -0.487 e. The van der Waals surface area contributed by atoms with Crippen LogP contribution < -0.4 is 10.5 Å². The fourth-order valence-electron chi connectivity index (χ4n) is 2.17. The lowest BCUT2D eigenvalue weighted by Crippen LogP contribution is -2.11. The van der Waals surface area contributed by atoms with Crippen molar-refractivity contribution in [2.75, 3.05) is 0 Å². The van der Waals surface area contributed by atoms with Crippen molar-refractivity contribution in [1.29, 1.82) is 0 Å². The summed E-state index contributed by atoms with van der Waals surface area (Å²) < 4.78 is 7.82. The van der Waals surface area contributed by atoms with E-state index in [4.69, 9.17) is 10.5 Å². The van der Waals surface area contributed by atoms with E-state index in [1.54, 1.807) is 0 Å². The highest BCUT2D eigenvalue weighted by Crippen LogP contribution is 2.26. The molecule has 1 aromatic carbocycles. The van der Waals surface area contributed by atoms with Gasteiger partial charge in [0.25, 0.3) is 0 Å². The third-order valence-corrected chi connectivity index (χ3v) is 3.52. The molecule has 4 heteroatoms. The smallest absolute Gasteiger partial charge is 0.130 e. The largest absolute Gasteiger partial charge is 0.487 e. The molecule has 1 heterocycles. The molecule has 0 spiro atoms. The molecule has 0 aliphatic rings. The van der Waals surface area contributed by atoms with Gasteiger partial charge in [-0.15, -0.1) is 0 Å². The van der Waals surface area contributed by atoms with Crippen molar-refractivity contribution in [1.82, 2.24) is 9.78 Å². The maximum absolute atomic E-state index is 6.12. The van der Waals surface area contributed by atoms with Gasteiger partial charge in [-0.25, -0.2) is 0 Å². The predicted molar refractivity (Wildman–Crippen MR) is 80.6 cm³/mol. The zero-order chi connectivity index (χ0) is 14.5. The van der Waals surface area contributed by atoms with Crippen LogP contribution >= 0.6 is 0 Å². The van der Waals surface area contributed by atoms with Crippen LogP contribution in [0.4, 0.5) is 0 Å². The van der Waals surface area contributed by atoms with Crippen LogP contribution in [0.1, 0.15) is 43.3 Å². The number of nitrogens with two attached hydrogens (primary N) is 1. The number of nitrogens with zero attached hydrogens (tertiary/aromatic N) is 2. The molecule has 20 heavy (non-hydrogen) atoms. The minimum atomic E-state index is 0.0175. The summed E-state index contributed by atoms with van der Waals surface area (Å²) >= 11 is 0. The Balaban J connectivity index is 2.12. The lowest BCUT2D eigenvalue weighted by atomic mass is 10.0. The normalized spacial score (nSPS) is 12.4. The summed E-state index contributed by atoms with van der Waals surface area (Å²) in [5, 5.41) is 4.43. The zero-order valence-electron chi connectivity index (χ0n) is 12.5. The van der Waals surface area contributed by atoms with Gasteiger partial charge in [0, 0.05) is 18.7 Å². The molecule has 0 aliphatic carbocycles. The maximum atomic E-state index is 6.12. The highest BCUT2D eigenvalue weighted by molar-refractivity contribution is 5.35. The average molecular weight is 273 g/mol. The van der Waals surface area contributed by atoms with Crippen LogP contribution in [0.15, 0.2) is 30.3 Å². The average Bonchev–Trinajstić information content (AvgIpc) is 2.85. The van der Waals surface area contributed by atoms with Gasteiger partial charge in [0.05, 0.1) is 11.4 Å². The Kier molecular flexibility index (Phi) is 4.79. The van der Waals surface area contributed by atoms with Crippen LogP contribution in [-0.2, 0) is 20.1 Å². The Morgan fingerprint density at radius 3 is 2.70 bits per heavy atom. The van der Waals surface area contributed by atoms with Gasteiger partial charge in [-0.2, -0.15) is 5.10 Å². The maximum Gasteiger partial charge on any atom is 0.130 e. The van der Waals surface area contributed by atoms with Gasteiger partial charge in [0.15, 0.2) is 0 Å². The second-order valence-corrected chi connectivity index (χ2v) is 4.95. The third kappa shape index (κ3) is 3.20. The van der Waals surface area contributed by atoms with E-state index in [1.165, 1.54) is 0 Å². The second-order valence-electron chi connectivity index (χ2n) is 4.95. The lowest BCUT2D eigenvalue weighted by Gasteiger charge is -2.15. The van der Waals surface area contributed by atoms with Crippen molar-refractivity contribution in [3.8, 4) is 5.75 Å². The number of benzene rings is 1. The second kappa shape index (κ2) is 6.57. The third-order valence-electron chi connectivity index (χ3n) is 3.52. The van der Waals surface area contributed by atoms with E-state index in [-0.39, 0.29) is 6.04 Å². The number of ether oxygens (including phenoxy) is 1. The van der Waals surface area contributed by atoms with Gasteiger partial charge in [-0.3, -0.25) is 4.68 Å². The fraction of sp³-hybridized carbons (Fsp3) is 0.438. The lowest BCUT2D eigenvalue weighted by molar-refractivity contribution is 0.290. The van der Waals surface area contributed by atoms with Gasteiger partial charge in [0.1, 0.15) is 12.4 Å². The summed E-state index contributed by atoms with van der Waals surface area (Å²) in [7, 11) is 1.95. The highest BCUT2D eigenvalue weighted by Gasteiger charge is 2.11. The molecule has 108 valence electrons. The number of aromatic nitrogens is 2. The Morgan fingerprint density at radius 1 is 1.30 bits per heavy atom. The Bertz CT molecular complexity index is 563. The van der Waals surface area contributed by atoms with E-state index >= 15 is 0 Å². The molecular formula is C16H23N3O. The van der Waals surface area contributed by atoms with Gasteiger partial charge in [-0.1, -0.05) is 32.0 Å². The zero-order valence-corrected chi connectivity index (χ0v) is 12.5. The van der Waals surface area contributed by atoms with Gasteiger partial charge >= 0.3 is 0 Å². The Hall–Kier alpha value is -1.81. The van der Waals surface area contributed by atoms with Crippen molar-refractivity contribution in [2.24, 2.45) is 12.8 Å². The molecule has 2 aromatic rings. The molecule has 0 saturated carbocycles. The minimum absolute atomic E-state index is 0.0175. The molecule has 0 bridgehead atoms. The van der Waals surface area contributed by atoms with E-state index in [9.17, 15) is 0 Å². The van der Waals surface area contributed by atoms with E-state index in [0.29, 0.717) is 6.61 Å². The molecule has 0 aliphatic heterocycles. The van der Waals surface area contributed by atoms with E-state index in [2.05, 4.69) is 25.0 Å². The van der Waals surface area contributed by atoms with Crippen molar-refractivity contribution < 1.29 is 4.74 Å². The molecule has 4 nitrogen and oxygen atoms in total. The van der Waals surface area contributed by atoms with E-state index in [1.807, 2.05) is 36.0 Å². The van der Waals surface area contributed by atoms with Crippen LogP contribution in [0.5, 0.6) is 5.75 Å². The summed E-state index contributed by atoms with van der Waals surface area (Å²) in [5.74, 6) is 0.862. The molecule has 1 atom stereocenters. The summed E-state index contributed by atoms with van der Waals surface area (Å²) in [6, 6.07) is 10.1. The molecular weight excluding hydrogens is 250 g/mol. The van der Waals surface area contributed by atoms with Crippen molar-refractivity contribution >= 4 is 0 Å². The first-order chi connectivity index (χ1) is 9.65. The summed E-state index contributed by atoms with van der Waals surface area (Å²) in [6.45, 7) is 4.69. The Labute approximate surface area is 120 Å². The van der Waals surface area contributed by atoms with Crippen molar-refractivity contribution in [3.05, 3.63) is 47.3 Å². The quantitative estimate of drug-likeness (QED) is 0.880. The number of rotatable bonds is 6. The molecule has 2 N–H and O–H groups in total. The first-order valence-electron chi connectivity index (χ1n) is 7.14. The number of hydrogen-bond donors (Lipinski definition) is 1. The summed E-state index contributed by atoms with van der Waals surface area (Å²) in [5.41, 5.74) is 9.34. The van der Waals surface area contributed by atoms with Crippen LogP contribution in [-0.4, -0.2) is 9.78 Å². The number of para-hydroxylation sites is 1.